The summed E-state index contributed by atoms with van der Waals surface area (Å²) in [6.07, 6.45) is 21.0. The third-order valence-electron chi connectivity index (χ3n) is 11.6. The Labute approximate surface area is 213 Å². The minimum absolute atomic E-state index is 0.0301. The number of fused-ring (bicyclic) bond motifs is 5. The van der Waals surface area contributed by atoms with Crippen LogP contribution in [0, 0.1) is 46.3 Å². The van der Waals surface area contributed by atoms with E-state index in [2.05, 4.69) is 61.5 Å². The summed E-state index contributed by atoms with van der Waals surface area (Å²) >= 11 is 0. The highest BCUT2D eigenvalue weighted by Crippen LogP contribution is 2.67. The van der Waals surface area contributed by atoms with Crippen molar-refractivity contribution in [3.8, 4) is 0 Å². The number of ether oxygens (including phenoxy) is 1. The summed E-state index contributed by atoms with van der Waals surface area (Å²) in [4.78, 5) is 0. The molecule has 1 heteroatoms. The first-order chi connectivity index (χ1) is 16.0. The van der Waals surface area contributed by atoms with Crippen LogP contribution in [0.3, 0.4) is 0 Å². The standard InChI is InChI=1S/C33H58O/c1-9-19-31(5,6)34-26-17-20-32(7)25(22-26)13-14-27-29-16-15-28(24(4)12-10-11-23(2)3)33(29,8)21-18-30(27)32/h13,23-24,26-30H,9-12,14-22H2,1-8H3/t24-,26+,27+,28?,29+,30+,32+,33-/m1/s1. The van der Waals surface area contributed by atoms with E-state index in [4.69, 9.17) is 4.74 Å². The van der Waals surface area contributed by atoms with Gasteiger partial charge in [0.2, 0.25) is 0 Å². The largest absolute Gasteiger partial charge is 0.372 e. The van der Waals surface area contributed by atoms with Crippen LogP contribution in [0.1, 0.15) is 139 Å². The van der Waals surface area contributed by atoms with Crippen LogP contribution in [0.4, 0.5) is 0 Å². The zero-order valence-corrected chi connectivity index (χ0v) is 24.2. The van der Waals surface area contributed by atoms with E-state index in [1.165, 1.54) is 83.5 Å². The predicted molar refractivity (Wildman–Crippen MR) is 147 cm³/mol. The third kappa shape index (κ3) is 5.08. The Bertz CT molecular complexity index is 718. The van der Waals surface area contributed by atoms with E-state index in [0.717, 1.165) is 35.5 Å². The lowest BCUT2D eigenvalue weighted by Gasteiger charge is -2.58. The van der Waals surface area contributed by atoms with Crippen LogP contribution in [0.5, 0.6) is 0 Å². The van der Waals surface area contributed by atoms with Gasteiger partial charge in [-0.3, -0.25) is 0 Å². The van der Waals surface area contributed by atoms with E-state index in [1.807, 2.05) is 0 Å². The van der Waals surface area contributed by atoms with Crippen molar-refractivity contribution in [2.45, 2.75) is 151 Å². The van der Waals surface area contributed by atoms with Gasteiger partial charge in [0.05, 0.1) is 11.7 Å². The van der Waals surface area contributed by atoms with Crippen molar-refractivity contribution in [3.05, 3.63) is 11.6 Å². The van der Waals surface area contributed by atoms with E-state index in [-0.39, 0.29) is 5.60 Å². The first-order valence-electron chi connectivity index (χ1n) is 15.4. The van der Waals surface area contributed by atoms with Crippen LogP contribution in [0.25, 0.3) is 0 Å². The fraction of sp³-hybridized carbons (Fsp3) is 0.939. The molecule has 0 aromatic heterocycles. The van der Waals surface area contributed by atoms with Crippen molar-refractivity contribution >= 4 is 0 Å². The summed E-state index contributed by atoms with van der Waals surface area (Å²) in [6, 6.07) is 0. The van der Waals surface area contributed by atoms with E-state index in [9.17, 15) is 0 Å². The fourth-order valence-electron chi connectivity index (χ4n) is 9.86. The van der Waals surface area contributed by atoms with Crippen molar-refractivity contribution in [3.63, 3.8) is 0 Å². The molecule has 8 atom stereocenters. The molecule has 0 spiro atoms. The quantitative estimate of drug-likeness (QED) is 0.304. The minimum Gasteiger partial charge on any atom is -0.372 e. The predicted octanol–water partition coefficient (Wildman–Crippen LogP) is 9.99. The van der Waals surface area contributed by atoms with E-state index < -0.39 is 0 Å². The van der Waals surface area contributed by atoms with Gasteiger partial charge in [-0.25, -0.2) is 0 Å². The molecule has 34 heavy (non-hydrogen) atoms. The van der Waals surface area contributed by atoms with Crippen molar-refractivity contribution in [1.29, 1.82) is 0 Å². The summed E-state index contributed by atoms with van der Waals surface area (Å²) in [5, 5.41) is 0. The van der Waals surface area contributed by atoms with Gasteiger partial charge < -0.3 is 4.74 Å². The van der Waals surface area contributed by atoms with Crippen molar-refractivity contribution in [1.82, 2.24) is 0 Å². The molecule has 3 saturated carbocycles. The average molecular weight is 471 g/mol. The van der Waals surface area contributed by atoms with Gasteiger partial charge in [0.1, 0.15) is 0 Å². The van der Waals surface area contributed by atoms with E-state index >= 15 is 0 Å². The molecule has 0 aromatic rings. The van der Waals surface area contributed by atoms with Crippen LogP contribution >= 0.6 is 0 Å². The molecule has 0 amide bonds. The summed E-state index contributed by atoms with van der Waals surface area (Å²) < 4.78 is 6.68. The average Bonchev–Trinajstić information content (AvgIpc) is 3.10. The molecule has 0 aliphatic heterocycles. The van der Waals surface area contributed by atoms with Crippen molar-refractivity contribution in [2.24, 2.45) is 46.3 Å². The minimum atomic E-state index is 0.0301. The Morgan fingerprint density at radius 3 is 2.47 bits per heavy atom. The Hall–Kier alpha value is -0.300. The van der Waals surface area contributed by atoms with Gasteiger partial charge in [-0.2, -0.15) is 0 Å². The zero-order chi connectivity index (χ0) is 24.7. The lowest BCUT2D eigenvalue weighted by Crippen LogP contribution is -2.51. The normalized spacial score (nSPS) is 41.0. The van der Waals surface area contributed by atoms with Crippen molar-refractivity contribution < 1.29 is 4.74 Å². The molecular weight excluding hydrogens is 412 g/mol. The highest BCUT2D eigenvalue weighted by molar-refractivity contribution is 5.25. The van der Waals surface area contributed by atoms with Crippen LogP contribution in [0.15, 0.2) is 11.6 Å². The monoisotopic (exact) mass is 470 g/mol. The van der Waals surface area contributed by atoms with Crippen LogP contribution in [0.2, 0.25) is 0 Å². The van der Waals surface area contributed by atoms with Gasteiger partial charge in [-0.1, -0.05) is 78.9 Å². The summed E-state index contributed by atoms with van der Waals surface area (Å²) in [5.41, 5.74) is 2.85. The van der Waals surface area contributed by atoms with Gasteiger partial charge in [0.25, 0.3) is 0 Å². The second-order valence-corrected chi connectivity index (χ2v) is 14.8. The van der Waals surface area contributed by atoms with Crippen LogP contribution < -0.4 is 0 Å². The molecule has 1 unspecified atom stereocenters. The Morgan fingerprint density at radius 1 is 1.00 bits per heavy atom. The zero-order valence-electron chi connectivity index (χ0n) is 24.2. The van der Waals surface area contributed by atoms with Gasteiger partial charge in [-0.15, -0.1) is 0 Å². The molecule has 196 valence electrons. The molecule has 0 aromatic carbocycles. The third-order valence-corrected chi connectivity index (χ3v) is 11.6. The molecule has 0 N–H and O–H groups in total. The number of hydrogen-bond donors (Lipinski definition) is 0. The second-order valence-electron chi connectivity index (χ2n) is 14.8. The lowest BCUT2D eigenvalue weighted by atomic mass is 9.47. The molecule has 4 rings (SSSR count). The molecule has 0 radical (unpaired) electrons. The van der Waals surface area contributed by atoms with Gasteiger partial charge in [0, 0.05) is 0 Å². The molecule has 3 fully saturated rings. The molecule has 4 aliphatic rings. The molecule has 1 nitrogen and oxygen atoms in total. The smallest absolute Gasteiger partial charge is 0.0630 e. The number of rotatable bonds is 9. The second kappa shape index (κ2) is 10.2. The molecule has 0 heterocycles. The van der Waals surface area contributed by atoms with Crippen LogP contribution in [-0.2, 0) is 4.74 Å². The maximum absolute atomic E-state index is 6.68. The Morgan fingerprint density at radius 2 is 1.76 bits per heavy atom. The maximum Gasteiger partial charge on any atom is 0.0630 e. The summed E-state index contributed by atoms with van der Waals surface area (Å²) in [6.45, 7) is 19.6. The lowest BCUT2D eigenvalue weighted by molar-refractivity contribution is -0.105. The first kappa shape index (κ1) is 26.8. The summed E-state index contributed by atoms with van der Waals surface area (Å²) in [7, 11) is 0. The van der Waals surface area contributed by atoms with Gasteiger partial charge >= 0.3 is 0 Å². The van der Waals surface area contributed by atoms with Gasteiger partial charge in [-0.05, 0) is 118 Å². The van der Waals surface area contributed by atoms with Crippen LogP contribution in [-0.4, -0.2) is 11.7 Å². The Kier molecular flexibility index (Phi) is 8.04. The van der Waals surface area contributed by atoms with E-state index in [0.29, 0.717) is 16.9 Å². The highest BCUT2D eigenvalue weighted by Gasteiger charge is 2.59. The molecule has 0 saturated heterocycles. The topological polar surface area (TPSA) is 9.23 Å². The first-order valence-corrected chi connectivity index (χ1v) is 15.4. The molecule has 4 aliphatic carbocycles. The van der Waals surface area contributed by atoms with Gasteiger partial charge in [0.15, 0.2) is 0 Å². The SMILES string of the molecule is CCCC(C)(C)O[C@H]1CC[C@@]2(C)C(=CC[C@@H]3[C@@H]2CC[C@]2(C)C([C@H](C)CCCC(C)C)CC[C@@H]32)C1. The fourth-order valence-corrected chi connectivity index (χ4v) is 9.86. The molecule has 0 bridgehead atoms. The van der Waals surface area contributed by atoms with Crippen molar-refractivity contribution in [2.75, 3.05) is 0 Å². The number of hydrogen-bond acceptors (Lipinski definition) is 1. The number of allylic oxidation sites excluding steroid dienone is 1. The maximum atomic E-state index is 6.68. The Balaban J connectivity index is 1.44. The van der Waals surface area contributed by atoms with E-state index in [1.54, 1.807) is 5.57 Å². The molecular formula is C33H58O. The summed E-state index contributed by atoms with van der Waals surface area (Å²) in [5.74, 6) is 5.57. The highest BCUT2D eigenvalue weighted by atomic mass is 16.5.